The van der Waals surface area contributed by atoms with E-state index in [4.69, 9.17) is 9.47 Å². The molecule has 3 rings (SSSR count). The first-order valence-electron chi connectivity index (χ1n) is 9.91. The highest BCUT2D eigenvalue weighted by Crippen LogP contribution is 2.32. The van der Waals surface area contributed by atoms with Gasteiger partial charge in [0.15, 0.2) is 11.5 Å². The van der Waals surface area contributed by atoms with Crippen LogP contribution in [0.15, 0.2) is 18.2 Å². The Balaban J connectivity index is 1.51. The molecular formula is C20H29N3O5. The van der Waals surface area contributed by atoms with Gasteiger partial charge in [-0.15, -0.1) is 0 Å². The summed E-state index contributed by atoms with van der Waals surface area (Å²) >= 11 is 0. The Morgan fingerprint density at radius 1 is 1.25 bits per heavy atom. The number of carbonyl (C=O) groups is 2. The molecule has 1 atom stereocenters. The van der Waals surface area contributed by atoms with E-state index >= 15 is 0 Å². The molecule has 2 aliphatic rings. The number of amides is 2. The molecule has 1 aromatic rings. The first kappa shape index (κ1) is 20.4. The van der Waals surface area contributed by atoms with Crippen LogP contribution in [0, 0.1) is 5.92 Å². The molecule has 0 spiro atoms. The van der Waals surface area contributed by atoms with Crippen LogP contribution in [0.25, 0.3) is 0 Å². The molecule has 0 aromatic heterocycles. The van der Waals surface area contributed by atoms with Crippen molar-refractivity contribution >= 4 is 12.3 Å². The molecule has 0 bridgehead atoms. The van der Waals surface area contributed by atoms with Crippen molar-refractivity contribution in [3.05, 3.63) is 23.8 Å². The number of benzene rings is 1. The molecule has 2 aliphatic heterocycles. The van der Waals surface area contributed by atoms with E-state index in [0.717, 1.165) is 49.5 Å². The first-order chi connectivity index (χ1) is 13.6. The number of rotatable bonds is 9. The number of hydrogen-bond donors (Lipinski definition) is 1. The topological polar surface area (TPSA) is 82.6 Å². The van der Waals surface area contributed by atoms with E-state index in [2.05, 4.69) is 11.8 Å². The van der Waals surface area contributed by atoms with E-state index in [1.807, 2.05) is 23.1 Å². The number of hydroxylamine groups is 2. The molecule has 0 radical (unpaired) electrons. The lowest BCUT2D eigenvalue weighted by Gasteiger charge is -2.36. The highest BCUT2D eigenvalue weighted by molar-refractivity contribution is 5.79. The zero-order valence-corrected chi connectivity index (χ0v) is 16.4. The Morgan fingerprint density at radius 2 is 2.00 bits per heavy atom. The Bertz CT molecular complexity index is 676. The van der Waals surface area contributed by atoms with Crippen LogP contribution >= 0.6 is 0 Å². The lowest BCUT2D eigenvalue weighted by atomic mass is 9.99. The summed E-state index contributed by atoms with van der Waals surface area (Å²) in [4.78, 5) is 27.8. The third-order valence-corrected chi connectivity index (χ3v) is 5.31. The Morgan fingerprint density at radius 3 is 2.71 bits per heavy atom. The average Bonchev–Trinajstić information content (AvgIpc) is 3.19. The molecule has 0 aliphatic carbocycles. The van der Waals surface area contributed by atoms with Gasteiger partial charge in [0.05, 0.1) is 12.5 Å². The molecule has 28 heavy (non-hydrogen) atoms. The van der Waals surface area contributed by atoms with E-state index in [1.165, 1.54) is 0 Å². The van der Waals surface area contributed by atoms with Crippen LogP contribution in [-0.2, 0) is 16.1 Å². The van der Waals surface area contributed by atoms with E-state index in [9.17, 15) is 14.8 Å². The average molecular weight is 391 g/mol. The Labute approximate surface area is 165 Å². The number of piperazine rings is 1. The van der Waals surface area contributed by atoms with Crippen molar-refractivity contribution in [3.8, 4) is 11.5 Å². The maximum Gasteiger partial charge on any atom is 0.233 e. The Hall–Kier alpha value is -2.32. The third-order valence-electron chi connectivity index (χ3n) is 5.31. The maximum atomic E-state index is 12.9. The minimum atomic E-state index is -0.351. The number of nitrogens with zero attached hydrogens (tertiary/aromatic N) is 3. The second-order valence-electron chi connectivity index (χ2n) is 7.36. The van der Waals surface area contributed by atoms with Crippen LogP contribution in [0.4, 0.5) is 0 Å². The molecule has 1 N–H and O–H groups in total. The second kappa shape index (κ2) is 9.75. The van der Waals surface area contributed by atoms with Gasteiger partial charge in [-0.2, -0.15) is 0 Å². The lowest BCUT2D eigenvalue weighted by Crippen LogP contribution is -2.51. The SMILES string of the molecule is CCCCC(CN(O)C=O)C(=O)N1CCN(Cc2ccc3c(c2)OCO3)CC1. The monoisotopic (exact) mass is 391 g/mol. The maximum absolute atomic E-state index is 12.9. The molecule has 0 saturated carbocycles. The molecule has 8 nitrogen and oxygen atoms in total. The predicted molar refractivity (Wildman–Crippen MR) is 102 cm³/mol. The summed E-state index contributed by atoms with van der Waals surface area (Å²) in [5.41, 5.74) is 1.16. The van der Waals surface area contributed by atoms with Gasteiger partial charge >= 0.3 is 0 Å². The van der Waals surface area contributed by atoms with Crippen molar-refractivity contribution < 1.29 is 24.3 Å². The quantitative estimate of drug-likeness (QED) is 0.392. The fourth-order valence-electron chi connectivity index (χ4n) is 3.69. The van der Waals surface area contributed by atoms with Gasteiger partial charge in [-0.05, 0) is 24.1 Å². The minimum absolute atomic E-state index is 0.0251. The van der Waals surface area contributed by atoms with Crippen LogP contribution < -0.4 is 9.47 Å². The fraction of sp³-hybridized carbons (Fsp3) is 0.600. The zero-order chi connectivity index (χ0) is 19.9. The zero-order valence-electron chi connectivity index (χ0n) is 16.4. The van der Waals surface area contributed by atoms with Gasteiger partial charge in [0, 0.05) is 32.7 Å². The van der Waals surface area contributed by atoms with Gasteiger partial charge in [-0.3, -0.25) is 19.7 Å². The summed E-state index contributed by atoms with van der Waals surface area (Å²) in [5, 5.41) is 10.1. The first-order valence-corrected chi connectivity index (χ1v) is 9.91. The van der Waals surface area contributed by atoms with Crippen LogP contribution in [0.1, 0.15) is 31.7 Å². The normalized spacial score (nSPS) is 17.4. The second-order valence-corrected chi connectivity index (χ2v) is 7.36. The fourth-order valence-corrected chi connectivity index (χ4v) is 3.69. The van der Waals surface area contributed by atoms with E-state index in [-0.39, 0.29) is 25.2 Å². The van der Waals surface area contributed by atoms with Gasteiger partial charge in [0.25, 0.3) is 0 Å². The summed E-state index contributed by atoms with van der Waals surface area (Å²) in [5.74, 6) is 1.24. The van der Waals surface area contributed by atoms with Gasteiger partial charge in [0.1, 0.15) is 0 Å². The van der Waals surface area contributed by atoms with E-state index in [0.29, 0.717) is 31.0 Å². The number of unbranched alkanes of at least 4 members (excludes halogenated alkanes) is 1. The Kier molecular flexibility index (Phi) is 7.11. The summed E-state index contributed by atoms with van der Waals surface area (Å²) in [6.45, 7) is 6.07. The summed E-state index contributed by atoms with van der Waals surface area (Å²) in [6, 6.07) is 5.99. The molecule has 2 amide bonds. The van der Waals surface area contributed by atoms with Crippen molar-refractivity contribution in [1.82, 2.24) is 14.9 Å². The van der Waals surface area contributed by atoms with Crippen LogP contribution in [0.5, 0.6) is 11.5 Å². The molecule has 154 valence electrons. The number of hydrogen-bond acceptors (Lipinski definition) is 6. The van der Waals surface area contributed by atoms with Crippen LogP contribution in [0.3, 0.4) is 0 Å². The van der Waals surface area contributed by atoms with Gasteiger partial charge in [-0.1, -0.05) is 25.8 Å². The molecule has 2 heterocycles. The number of ether oxygens (including phenoxy) is 2. The van der Waals surface area contributed by atoms with Gasteiger partial charge in [0.2, 0.25) is 19.1 Å². The standard InChI is InChI=1S/C20H29N3O5/c1-2-3-4-17(13-23(26)14-24)20(25)22-9-7-21(8-10-22)12-16-5-6-18-19(11-16)28-15-27-18/h5-6,11,14,17,26H,2-4,7-10,12-13,15H2,1H3. The summed E-state index contributed by atoms with van der Waals surface area (Å²) in [6.07, 6.45) is 2.90. The minimum Gasteiger partial charge on any atom is -0.454 e. The number of fused-ring (bicyclic) bond motifs is 1. The molecule has 1 saturated heterocycles. The molecule has 1 aromatic carbocycles. The number of carbonyl (C=O) groups excluding carboxylic acids is 2. The van der Waals surface area contributed by atoms with Crippen molar-refractivity contribution in [2.24, 2.45) is 5.92 Å². The molecule has 1 unspecified atom stereocenters. The van der Waals surface area contributed by atoms with E-state index in [1.54, 1.807) is 0 Å². The molecular weight excluding hydrogens is 362 g/mol. The van der Waals surface area contributed by atoms with Crippen LogP contribution in [-0.4, -0.2) is 71.9 Å². The van der Waals surface area contributed by atoms with Gasteiger partial charge in [-0.25, -0.2) is 5.06 Å². The van der Waals surface area contributed by atoms with Crippen molar-refractivity contribution in [3.63, 3.8) is 0 Å². The van der Waals surface area contributed by atoms with Gasteiger partial charge < -0.3 is 14.4 Å². The smallest absolute Gasteiger partial charge is 0.233 e. The third kappa shape index (κ3) is 5.14. The van der Waals surface area contributed by atoms with Crippen molar-refractivity contribution in [2.75, 3.05) is 39.5 Å². The largest absolute Gasteiger partial charge is 0.454 e. The summed E-state index contributed by atoms with van der Waals surface area (Å²) in [7, 11) is 0. The molecule has 1 fully saturated rings. The van der Waals surface area contributed by atoms with Crippen molar-refractivity contribution in [2.45, 2.75) is 32.7 Å². The van der Waals surface area contributed by atoms with Crippen LogP contribution in [0.2, 0.25) is 0 Å². The summed E-state index contributed by atoms with van der Waals surface area (Å²) < 4.78 is 10.8. The highest BCUT2D eigenvalue weighted by atomic mass is 16.7. The highest BCUT2D eigenvalue weighted by Gasteiger charge is 2.28. The predicted octanol–water partition coefficient (Wildman–Crippen LogP) is 1.71. The lowest BCUT2D eigenvalue weighted by molar-refractivity contribution is -0.157. The van der Waals surface area contributed by atoms with E-state index < -0.39 is 0 Å². The molecule has 8 heteroatoms. The van der Waals surface area contributed by atoms with Crippen molar-refractivity contribution in [1.29, 1.82) is 0 Å².